The molecule has 0 aliphatic heterocycles. The second kappa shape index (κ2) is 5.01. The number of aryl methyl sites for hydroxylation is 1. The van der Waals surface area contributed by atoms with E-state index in [1.54, 1.807) is 0 Å². The molecule has 18 heavy (non-hydrogen) atoms. The molecule has 1 atom stereocenters. The molecule has 1 amide bonds. The van der Waals surface area contributed by atoms with Crippen LogP contribution in [-0.4, -0.2) is 11.4 Å². The highest BCUT2D eigenvalue weighted by atomic mass is 16.1. The predicted octanol–water partition coefficient (Wildman–Crippen LogP) is 2.84. The van der Waals surface area contributed by atoms with E-state index in [0.29, 0.717) is 5.92 Å². The maximum atomic E-state index is 11.8. The minimum atomic E-state index is -0.633. The van der Waals surface area contributed by atoms with Gasteiger partial charge in [0.05, 0.1) is 0 Å². The van der Waals surface area contributed by atoms with Crippen LogP contribution < -0.4 is 11.1 Å². The van der Waals surface area contributed by atoms with Gasteiger partial charge in [0, 0.05) is 5.69 Å². The third kappa shape index (κ3) is 2.50. The molecule has 1 aliphatic carbocycles. The standard InChI is InChI=1S/C15H22N2O/c1-11-7-9-13(10-8-11)17-15(2,14(16)18)12-5-3-4-6-12/h7-10,12,17H,3-6H2,1-2H3,(H2,16,18). The van der Waals surface area contributed by atoms with E-state index in [0.717, 1.165) is 18.5 Å². The van der Waals surface area contributed by atoms with Crippen LogP contribution in [0.25, 0.3) is 0 Å². The fourth-order valence-electron chi connectivity index (χ4n) is 2.80. The molecule has 1 aliphatic rings. The summed E-state index contributed by atoms with van der Waals surface area (Å²) in [4.78, 5) is 11.8. The lowest BCUT2D eigenvalue weighted by Gasteiger charge is -2.34. The normalized spacial score (nSPS) is 19.4. The zero-order chi connectivity index (χ0) is 13.2. The summed E-state index contributed by atoms with van der Waals surface area (Å²) in [5.74, 6) is 0.0891. The van der Waals surface area contributed by atoms with Gasteiger partial charge in [-0.15, -0.1) is 0 Å². The Hall–Kier alpha value is -1.51. The number of rotatable bonds is 4. The molecule has 1 saturated carbocycles. The first-order valence-corrected chi connectivity index (χ1v) is 6.67. The monoisotopic (exact) mass is 246 g/mol. The van der Waals surface area contributed by atoms with Gasteiger partial charge in [-0.25, -0.2) is 0 Å². The van der Waals surface area contributed by atoms with Crippen LogP contribution in [0.4, 0.5) is 5.69 Å². The van der Waals surface area contributed by atoms with Crippen LogP contribution in [0.3, 0.4) is 0 Å². The van der Waals surface area contributed by atoms with Crippen molar-refractivity contribution in [1.82, 2.24) is 0 Å². The molecule has 1 aromatic rings. The van der Waals surface area contributed by atoms with Crippen LogP contribution in [0.15, 0.2) is 24.3 Å². The number of primary amides is 1. The fraction of sp³-hybridized carbons (Fsp3) is 0.533. The SMILES string of the molecule is Cc1ccc(NC(C)(C(N)=O)C2CCCC2)cc1. The summed E-state index contributed by atoms with van der Waals surface area (Å²) in [6.07, 6.45) is 4.56. The van der Waals surface area contributed by atoms with Gasteiger partial charge in [-0.2, -0.15) is 0 Å². The number of hydrogen-bond donors (Lipinski definition) is 2. The topological polar surface area (TPSA) is 55.1 Å². The lowest BCUT2D eigenvalue weighted by atomic mass is 9.83. The van der Waals surface area contributed by atoms with Crippen molar-refractivity contribution in [2.24, 2.45) is 11.7 Å². The molecule has 0 saturated heterocycles. The van der Waals surface area contributed by atoms with Gasteiger partial charge in [0.2, 0.25) is 5.91 Å². The maximum Gasteiger partial charge on any atom is 0.243 e. The number of hydrogen-bond acceptors (Lipinski definition) is 2. The zero-order valence-corrected chi connectivity index (χ0v) is 11.2. The van der Waals surface area contributed by atoms with Crippen LogP contribution in [-0.2, 0) is 4.79 Å². The van der Waals surface area contributed by atoms with E-state index in [1.807, 2.05) is 38.1 Å². The van der Waals surface area contributed by atoms with Gasteiger partial charge in [0.1, 0.15) is 5.54 Å². The molecule has 0 radical (unpaired) electrons. The van der Waals surface area contributed by atoms with Gasteiger partial charge in [0.15, 0.2) is 0 Å². The Balaban J connectivity index is 2.20. The third-order valence-corrected chi connectivity index (χ3v) is 4.14. The summed E-state index contributed by atoms with van der Waals surface area (Å²) in [7, 11) is 0. The fourth-order valence-corrected chi connectivity index (χ4v) is 2.80. The number of carbonyl (C=O) groups excluding carboxylic acids is 1. The second-order valence-corrected chi connectivity index (χ2v) is 5.54. The molecule has 0 aromatic heterocycles. The first-order chi connectivity index (χ1) is 8.52. The van der Waals surface area contributed by atoms with Crippen molar-refractivity contribution in [1.29, 1.82) is 0 Å². The molecular weight excluding hydrogens is 224 g/mol. The highest BCUT2D eigenvalue weighted by Gasteiger charge is 2.40. The molecule has 0 spiro atoms. The molecular formula is C15H22N2O. The summed E-state index contributed by atoms with van der Waals surface area (Å²) >= 11 is 0. The number of nitrogens with two attached hydrogens (primary N) is 1. The van der Waals surface area contributed by atoms with Crippen molar-refractivity contribution in [3.63, 3.8) is 0 Å². The van der Waals surface area contributed by atoms with Gasteiger partial charge in [-0.1, -0.05) is 30.5 Å². The minimum Gasteiger partial charge on any atom is -0.371 e. The summed E-state index contributed by atoms with van der Waals surface area (Å²) in [5.41, 5.74) is 7.17. The van der Waals surface area contributed by atoms with Crippen molar-refractivity contribution in [2.45, 2.75) is 45.1 Å². The summed E-state index contributed by atoms with van der Waals surface area (Å²) in [5, 5.41) is 3.35. The highest BCUT2D eigenvalue weighted by Crippen LogP contribution is 2.36. The third-order valence-electron chi connectivity index (χ3n) is 4.14. The lowest BCUT2D eigenvalue weighted by molar-refractivity contribution is -0.123. The predicted molar refractivity (Wildman–Crippen MR) is 74.4 cm³/mol. The maximum absolute atomic E-state index is 11.8. The van der Waals surface area contributed by atoms with Gasteiger partial charge in [-0.05, 0) is 44.7 Å². The molecule has 98 valence electrons. The number of nitrogens with one attached hydrogen (secondary N) is 1. The Kier molecular flexibility index (Phi) is 3.60. The summed E-state index contributed by atoms with van der Waals surface area (Å²) < 4.78 is 0. The van der Waals surface area contributed by atoms with Gasteiger partial charge in [-0.3, -0.25) is 4.79 Å². The quantitative estimate of drug-likeness (QED) is 0.858. The average molecular weight is 246 g/mol. The van der Waals surface area contributed by atoms with Crippen LogP contribution in [0.1, 0.15) is 38.2 Å². The van der Waals surface area contributed by atoms with Crippen molar-refractivity contribution in [3.05, 3.63) is 29.8 Å². The molecule has 1 aromatic carbocycles. The van der Waals surface area contributed by atoms with E-state index < -0.39 is 5.54 Å². The molecule has 1 unspecified atom stereocenters. The Morgan fingerprint density at radius 3 is 2.33 bits per heavy atom. The van der Waals surface area contributed by atoms with Crippen LogP contribution in [0.2, 0.25) is 0 Å². The van der Waals surface area contributed by atoms with Crippen molar-refractivity contribution >= 4 is 11.6 Å². The molecule has 3 nitrogen and oxygen atoms in total. The zero-order valence-electron chi connectivity index (χ0n) is 11.2. The first kappa shape index (κ1) is 12.9. The number of benzene rings is 1. The number of amides is 1. The van der Waals surface area contributed by atoms with E-state index in [1.165, 1.54) is 18.4 Å². The summed E-state index contributed by atoms with van der Waals surface area (Å²) in [6.45, 7) is 3.99. The smallest absolute Gasteiger partial charge is 0.243 e. The Labute approximate surface area is 109 Å². The number of anilines is 1. The Bertz CT molecular complexity index is 421. The second-order valence-electron chi connectivity index (χ2n) is 5.54. The first-order valence-electron chi connectivity index (χ1n) is 6.67. The minimum absolute atomic E-state index is 0.255. The van der Waals surface area contributed by atoms with Crippen LogP contribution in [0, 0.1) is 12.8 Å². The van der Waals surface area contributed by atoms with Crippen LogP contribution >= 0.6 is 0 Å². The van der Waals surface area contributed by atoms with E-state index in [9.17, 15) is 4.79 Å². The van der Waals surface area contributed by atoms with Crippen molar-refractivity contribution in [2.75, 3.05) is 5.32 Å². The largest absolute Gasteiger partial charge is 0.371 e. The van der Waals surface area contributed by atoms with E-state index in [4.69, 9.17) is 5.73 Å². The Morgan fingerprint density at radius 2 is 1.83 bits per heavy atom. The van der Waals surface area contributed by atoms with Gasteiger partial charge < -0.3 is 11.1 Å². The average Bonchev–Trinajstić information content (AvgIpc) is 2.86. The van der Waals surface area contributed by atoms with Gasteiger partial charge in [0.25, 0.3) is 0 Å². The van der Waals surface area contributed by atoms with Crippen LogP contribution in [0.5, 0.6) is 0 Å². The van der Waals surface area contributed by atoms with E-state index in [2.05, 4.69) is 5.32 Å². The lowest BCUT2D eigenvalue weighted by Crippen LogP contribution is -2.52. The van der Waals surface area contributed by atoms with Gasteiger partial charge >= 0.3 is 0 Å². The van der Waals surface area contributed by atoms with E-state index in [-0.39, 0.29) is 5.91 Å². The molecule has 0 bridgehead atoms. The van der Waals surface area contributed by atoms with Crippen molar-refractivity contribution < 1.29 is 4.79 Å². The Morgan fingerprint density at radius 1 is 1.28 bits per heavy atom. The molecule has 3 N–H and O–H groups in total. The number of carbonyl (C=O) groups is 1. The highest BCUT2D eigenvalue weighted by molar-refractivity contribution is 5.88. The van der Waals surface area contributed by atoms with Crippen molar-refractivity contribution in [3.8, 4) is 0 Å². The van der Waals surface area contributed by atoms with E-state index >= 15 is 0 Å². The molecule has 3 heteroatoms. The molecule has 1 fully saturated rings. The summed E-state index contributed by atoms with van der Waals surface area (Å²) in [6, 6.07) is 8.09. The molecule has 2 rings (SSSR count). The molecule has 0 heterocycles.